The molecule has 1 aliphatic heterocycles. The van der Waals surface area contributed by atoms with Crippen molar-refractivity contribution in [2.45, 2.75) is 23.8 Å². The second kappa shape index (κ2) is 10.0. The summed E-state index contributed by atoms with van der Waals surface area (Å²) >= 11 is 5.99. The minimum Gasteiger partial charge on any atom is -0.349 e. The van der Waals surface area contributed by atoms with Crippen molar-refractivity contribution in [2.75, 3.05) is 13.1 Å². The number of rotatable bonds is 5. The Morgan fingerprint density at radius 3 is 2.44 bits per heavy atom. The third-order valence-corrected chi connectivity index (χ3v) is 7.15. The molecule has 10 heteroatoms. The lowest BCUT2D eigenvalue weighted by Gasteiger charge is -2.23. The molecule has 2 heterocycles. The molecule has 0 radical (unpaired) electrons. The number of carbonyl (C=O) groups is 1. The van der Waals surface area contributed by atoms with Crippen molar-refractivity contribution in [3.63, 3.8) is 0 Å². The Morgan fingerprint density at radius 2 is 1.78 bits per heavy atom. The second-order valence-corrected chi connectivity index (χ2v) is 9.59. The van der Waals surface area contributed by atoms with Gasteiger partial charge in [-0.1, -0.05) is 17.7 Å². The normalized spacial score (nSPS) is 14.6. The number of nitrogens with one attached hydrogen (secondary N) is 2. The lowest BCUT2D eigenvalue weighted by Crippen LogP contribution is -2.42. The van der Waals surface area contributed by atoms with Gasteiger partial charge in [-0.2, -0.15) is 0 Å². The van der Waals surface area contributed by atoms with E-state index in [1.165, 1.54) is 48.7 Å². The molecule has 4 rings (SSSR count). The molecule has 32 heavy (non-hydrogen) atoms. The predicted octanol–water partition coefficient (Wildman–Crippen LogP) is 4.09. The molecule has 2 N–H and O–H groups in total. The van der Waals surface area contributed by atoms with E-state index in [4.69, 9.17) is 11.6 Å². The number of nitrogens with zero attached hydrogens (tertiary/aromatic N) is 1. The molecule has 3 aromatic rings. The van der Waals surface area contributed by atoms with Crippen LogP contribution in [0.25, 0.3) is 11.3 Å². The number of benzene rings is 2. The van der Waals surface area contributed by atoms with Gasteiger partial charge < -0.3 is 10.6 Å². The minimum absolute atomic E-state index is 0. The maximum absolute atomic E-state index is 13.5. The fourth-order valence-corrected chi connectivity index (χ4v) is 5.33. The highest BCUT2D eigenvalue weighted by Crippen LogP contribution is 2.30. The van der Waals surface area contributed by atoms with Crippen LogP contribution in [0.1, 0.15) is 23.2 Å². The van der Waals surface area contributed by atoms with Crippen molar-refractivity contribution in [2.24, 2.45) is 0 Å². The first kappa shape index (κ1) is 24.3. The third-order valence-electron chi connectivity index (χ3n) is 5.24. The van der Waals surface area contributed by atoms with Crippen LogP contribution in [0.5, 0.6) is 0 Å². The van der Waals surface area contributed by atoms with Gasteiger partial charge in [0.05, 0.1) is 16.2 Å². The molecule has 0 aliphatic carbocycles. The smallest absolute Gasteiger partial charge is 0.268 e. The summed E-state index contributed by atoms with van der Waals surface area (Å²) in [6.45, 7) is 1.61. The summed E-state index contributed by atoms with van der Waals surface area (Å²) in [6, 6.07) is 12.7. The quantitative estimate of drug-likeness (QED) is 0.556. The molecule has 1 aromatic heterocycles. The maximum Gasteiger partial charge on any atom is 0.268 e. The number of hydrogen-bond acceptors (Lipinski definition) is 4. The van der Waals surface area contributed by atoms with Gasteiger partial charge in [0.15, 0.2) is 0 Å². The Balaban J connectivity index is 0.00000289. The molecule has 1 aliphatic rings. The zero-order chi connectivity index (χ0) is 22.0. The molecule has 1 amide bonds. The topological polar surface area (TPSA) is 80.2 Å². The highest BCUT2D eigenvalue weighted by molar-refractivity contribution is 7.90. The average molecular weight is 498 g/mol. The molecular formula is C22H22Cl2FN3O3S. The number of aromatic nitrogens is 1. The van der Waals surface area contributed by atoms with Crippen molar-refractivity contribution in [1.29, 1.82) is 0 Å². The summed E-state index contributed by atoms with van der Waals surface area (Å²) in [5, 5.41) is 6.50. The van der Waals surface area contributed by atoms with Crippen LogP contribution in [0, 0.1) is 5.82 Å². The average Bonchev–Trinajstić information content (AvgIpc) is 3.21. The van der Waals surface area contributed by atoms with Crippen molar-refractivity contribution >= 4 is 39.9 Å². The highest BCUT2D eigenvalue weighted by atomic mass is 35.5. The predicted molar refractivity (Wildman–Crippen MR) is 124 cm³/mol. The van der Waals surface area contributed by atoms with Gasteiger partial charge in [-0.15, -0.1) is 12.4 Å². The van der Waals surface area contributed by atoms with E-state index < -0.39 is 15.8 Å². The zero-order valence-electron chi connectivity index (χ0n) is 16.9. The SMILES string of the molecule is Cl.O=C(NC1CCNCC1)c1ccn(S(=O)(=O)c2cccc(Cl)c2)c1-c1ccc(F)cc1. The first-order valence-corrected chi connectivity index (χ1v) is 11.7. The lowest BCUT2D eigenvalue weighted by molar-refractivity contribution is 0.0930. The van der Waals surface area contributed by atoms with Gasteiger partial charge in [0, 0.05) is 22.8 Å². The zero-order valence-corrected chi connectivity index (χ0v) is 19.3. The van der Waals surface area contributed by atoms with Gasteiger partial charge >= 0.3 is 0 Å². The van der Waals surface area contributed by atoms with Gasteiger partial charge in [0.25, 0.3) is 15.9 Å². The fraction of sp³-hybridized carbons (Fsp3) is 0.227. The number of amides is 1. The Morgan fingerprint density at radius 1 is 1.09 bits per heavy atom. The standard InChI is InChI=1S/C22H21ClFN3O3S.ClH/c23-16-2-1-3-19(14-16)31(29,30)27-13-10-20(21(27)15-4-6-17(24)7-5-15)22(28)26-18-8-11-25-12-9-18;/h1-7,10,13-14,18,25H,8-9,11-12H2,(H,26,28);1H. The van der Waals surface area contributed by atoms with Crippen LogP contribution in [-0.4, -0.2) is 37.4 Å². The van der Waals surface area contributed by atoms with E-state index in [-0.39, 0.29) is 45.5 Å². The Labute approximate surface area is 197 Å². The summed E-state index contributed by atoms with van der Waals surface area (Å²) in [7, 11) is -4.05. The van der Waals surface area contributed by atoms with Crippen molar-refractivity contribution in [1.82, 2.24) is 14.6 Å². The van der Waals surface area contributed by atoms with E-state index in [1.54, 1.807) is 12.1 Å². The van der Waals surface area contributed by atoms with Gasteiger partial charge in [-0.3, -0.25) is 4.79 Å². The van der Waals surface area contributed by atoms with E-state index in [0.717, 1.165) is 29.9 Å². The van der Waals surface area contributed by atoms with Crippen LogP contribution in [0.4, 0.5) is 4.39 Å². The van der Waals surface area contributed by atoms with Crippen LogP contribution < -0.4 is 10.6 Å². The number of halogens is 3. The Kier molecular flexibility index (Phi) is 7.61. The molecule has 0 unspecified atom stereocenters. The van der Waals surface area contributed by atoms with Crippen LogP contribution in [-0.2, 0) is 10.0 Å². The molecule has 1 saturated heterocycles. The van der Waals surface area contributed by atoms with Crippen molar-refractivity contribution in [3.05, 3.63) is 77.2 Å². The summed E-state index contributed by atoms with van der Waals surface area (Å²) < 4.78 is 41.3. The van der Waals surface area contributed by atoms with E-state index in [9.17, 15) is 17.6 Å². The van der Waals surface area contributed by atoms with Gasteiger partial charge in [-0.25, -0.2) is 16.8 Å². The minimum atomic E-state index is -4.05. The molecule has 0 saturated carbocycles. The van der Waals surface area contributed by atoms with Crippen LogP contribution >= 0.6 is 24.0 Å². The van der Waals surface area contributed by atoms with E-state index in [2.05, 4.69) is 10.6 Å². The number of piperidine rings is 1. The van der Waals surface area contributed by atoms with Crippen LogP contribution in [0.15, 0.2) is 65.7 Å². The Hall–Kier alpha value is -2.39. The second-order valence-electron chi connectivity index (χ2n) is 7.34. The molecule has 0 spiro atoms. The molecule has 1 fully saturated rings. The first-order valence-electron chi connectivity index (χ1n) is 9.86. The summed E-state index contributed by atoms with van der Waals surface area (Å²) in [4.78, 5) is 13.1. The summed E-state index contributed by atoms with van der Waals surface area (Å²) in [5.74, 6) is -0.827. The fourth-order valence-electron chi connectivity index (χ4n) is 3.66. The molecule has 0 atom stereocenters. The van der Waals surface area contributed by atoms with Crippen LogP contribution in [0.3, 0.4) is 0 Å². The summed E-state index contributed by atoms with van der Waals surface area (Å²) in [5.41, 5.74) is 0.787. The van der Waals surface area contributed by atoms with E-state index >= 15 is 0 Å². The molecule has 6 nitrogen and oxygen atoms in total. The highest BCUT2D eigenvalue weighted by Gasteiger charge is 2.27. The molecule has 2 aromatic carbocycles. The van der Waals surface area contributed by atoms with E-state index in [0.29, 0.717) is 5.56 Å². The monoisotopic (exact) mass is 497 g/mol. The van der Waals surface area contributed by atoms with Gasteiger partial charge in [0.1, 0.15) is 5.82 Å². The van der Waals surface area contributed by atoms with Gasteiger partial charge in [0.2, 0.25) is 0 Å². The van der Waals surface area contributed by atoms with Gasteiger partial charge in [-0.05, 0) is 74.5 Å². The third kappa shape index (κ3) is 4.99. The molecule has 0 bridgehead atoms. The van der Waals surface area contributed by atoms with Crippen LogP contribution in [0.2, 0.25) is 5.02 Å². The van der Waals surface area contributed by atoms with E-state index in [1.807, 2.05) is 0 Å². The number of carbonyl (C=O) groups excluding carboxylic acids is 1. The lowest BCUT2D eigenvalue weighted by atomic mass is 10.0. The largest absolute Gasteiger partial charge is 0.349 e. The van der Waals surface area contributed by atoms with Crippen molar-refractivity contribution < 1.29 is 17.6 Å². The number of hydrogen-bond donors (Lipinski definition) is 2. The first-order chi connectivity index (χ1) is 14.9. The Bertz CT molecular complexity index is 1210. The molecular weight excluding hydrogens is 476 g/mol. The maximum atomic E-state index is 13.5. The molecule has 170 valence electrons. The van der Waals surface area contributed by atoms with Crippen molar-refractivity contribution in [3.8, 4) is 11.3 Å². The summed E-state index contributed by atoms with van der Waals surface area (Å²) in [6.07, 6.45) is 2.92.